The van der Waals surface area contributed by atoms with Gasteiger partial charge in [-0.05, 0) is 6.42 Å². The van der Waals surface area contributed by atoms with Crippen LogP contribution in [0.4, 0.5) is 0 Å². The maximum Gasteiger partial charge on any atom is 0.164 e. The van der Waals surface area contributed by atoms with E-state index in [2.05, 4.69) is 11.8 Å². The van der Waals surface area contributed by atoms with E-state index in [0.29, 0.717) is 12.5 Å². The summed E-state index contributed by atoms with van der Waals surface area (Å²) in [4.78, 5) is 14.4. The second kappa shape index (κ2) is 6.66. The summed E-state index contributed by atoms with van der Waals surface area (Å²) in [7, 11) is 0. The van der Waals surface area contributed by atoms with Gasteiger partial charge in [0.05, 0.1) is 13.2 Å². The molecule has 0 saturated carbocycles. The first kappa shape index (κ1) is 13.2. The van der Waals surface area contributed by atoms with E-state index in [-0.39, 0.29) is 5.78 Å². The zero-order valence-electron chi connectivity index (χ0n) is 11.0. The number of hydrogen-bond donors (Lipinski definition) is 0. The van der Waals surface area contributed by atoms with Gasteiger partial charge >= 0.3 is 0 Å². The summed E-state index contributed by atoms with van der Waals surface area (Å²) in [6, 6.07) is 10.0. The Hall–Kier alpha value is -1.19. The number of carbonyl (C=O) groups is 1. The van der Waals surface area contributed by atoms with Gasteiger partial charge < -0.3 is 4.74 Å². The highest BCUT2D eigenvalue weighted by Gasteiger charge is 2.21. The topological polar surface area (TPSA) is 29.5 Å². The average molecular weight is 247 g/mol. The van der Waals surface area contributed by atoms with Gasteiger partial charge in [0.2, 0.25) is 0 Å². The molecule has 1 saturated heterocycles. The minimum atomic E-state index is 0.233. The highest BCUT2D eigenvalue weighted by Crippen LogP contribution is 2.12. The molecule has 0 bridgehead atoms. The van der Waals surface area contributed by atoms with Gasteiger partial charge in [-0.3, -0.25) is 9.69 Å². The number of rotatable bonds is 5. The molecule has 0 radical (unpaired) electrons. The van der Waals surface area contributed by atoms with Crippen LogP contribution in [0.25, 0.3) is 0 Å². The molecule has 0 aromatic heterocycles. The van der Waals surface area contributed by atoms with Crippen LogP contribution in [0.3, 0.4) is 0 Å². The number of ketones is 1. The quantitative estimate of drug-likeness (QED) is 0.748. The fourth-order valence-electron chi connectivity index (χ4n) is 2.37. The zero-order chi connectivity index (χ0) is 12.8. The lowest BCUT2D eigenvalue weighted by atomic mass is 10.1. The number of nitrogens with zero attached hydrogens (tertiary/aromatic N) is 1. The summed E-state index contributed by atoms with van der Waals surface area (Å²) in [5.74, 6) is 0.233. The predicted molar refractivity (Wildman–Crippen MR) is 71.9 cm³/mol. The Balaban J connectivity index is 1.85. The van der Waals surface area contributed by atoms with Crippen LogP contribution in [-0.2, 0) is 4.74 Å². The summed E-state index contributed by atoms with van der Waals surface area (Å²) < 4.78 is 5.47. The summed E-state index contributed by atoms with van der Waals surface area (Å²) in [5, 5.41) is 0. The van der Waals surface area contributed by atoms with Crippen molar-refractivity contribution in [3.8, 4) is 0 Å². The van der Waals surface area contributed by atoms with Gasteiger partial charge in [0, 0.05) is 31.1 Å². The third-order valence-electron chi connectivity index (χ3n) is 3.54. The highest BCUT2D eigenvalue weighted by molar-refractivity contribution is 5.96. The molecule has 0 spiro atoms. The van der Waals surface area contributed by atoms with E-state index in [4.69, 9.17) is 4.74 Å². The van der Waals surface area contributed by atoms with Crippen LogP contribution in [0.1, 0.15) is 30.1 Å². The molecule has 0 amide bonds. The van der Waals surface area contributed by atoms with Crippen LogP contribution in [-0.4, -0.2) is 43.0 Å². The first-order chi connectivity index (χ1) is 8.81. The zero-order valence-corrected chi connectivity index (χ0v) is 11.0. The number of Topliss-reactive ketones (excluding diaryl/α,β-unsaturated/α-hetero) is 1. The molecule has 1 unspecified atom stereocenters. The Labute approximate surface area is 109 Å². The van der Waals surface area contributed by atoms with Crippen LogP contribution in [0, 0.1) is 0 Å². The molecule has 1 aromatic rings. The normalized spacial score (nSPS) is 20.8. The molecule has 18 heavy (non-hydrogen) atoms. The Morgan fingerprint density at radius 3 is 2.89 bits per heavy atom. The molecule has 3 heteroatoms. The SMILES string of the molecule is CCC1COCCN1CCC(=O)c1ccccc1. The second-order valence-corrected chi connectivity index (χ2v) is 4.71. The van der Waals surface area contributed by atoms with E-state index >= 15 is 0 Å². The third kappa shape index (κ3) is 3.40. The van der Waals surface area contributed by atoms with Gasteiger partial charge in [-0.1, -0.05) is 37.3 Å². The van der Waals surface area contributed by atoms with Crippen molar-refractivity contribution in [1.82, 2.24) is 4.90 Å². The second-order valence-electron chi connectivity index (χ2n) is 4.71. The molecular formula is C15H21NO2. The number of ether oxygens (including phenoxy) is 1. The molecule has 0 N–H and O–H groups in total. The smallest absolute Gasteiger partial charge is 0.164 e. The van der Waals surface area contributed by atoms with E-state index in [1.807, 2.05) is 30.3 Å². The number of hydrogen-bond acceptors (Lipinski definition) is 3. The lowest BCUT2D eigenvalue weighted by Gasteiger charge is -2.34. The highest BCUT2D eigenvalue weighted by atomic mass is 16.5. The van der Waals surface area contributed by atoms with Crippen molar-refractivity contribution in [3.05, 3.63) is 35.9 Å². The molecule has 1 heterocycles. The van der Waals surface area contributed by atoms with Gasteiger partial charge in [-0.25, -0.2) is 0 Å². The summed E-state index contributed by atoms with van der Waals surface area (Å²) >= 11 is 0. The van der Waals surface area contributed by atoms with E-state index in [1.54, 1.807) is 0 Å². The van der Waals surface area contributed by atoms with Gasteiger partial charge in [-0.15, -0.1) is 0 Å². The van der Waals surface area contributed by atoms with Crippen LogP contribution in [0.2, 0.25) is 0 Å². The van der Waals surface area contributed by atoms with Crippen LogP contribution in [0.5, 0.6) is 0 Å². The maximum absolute atomic E-state index is 12.0. The number of benzene rings is 1. The predicted octanol–water partition coefficient (Wildman–Crippen LogP) is 2.37. The Bertz CT molecular complexity index is 377. The molecule has 3 nitrogen and oxygen atoms in total. The standard InChI is InChI=1S/C15H21NO2/c1-2-14-12-18-11-10-16(14)9-8-15(17)13-6-4-3-5-7-13/h3-7,14H,2,8-12H2,1H3. The van der Waals surface area contributed by atoms with Crippen molar-refractivity contribution >= 4 is 5.78 Å². The molecule has 1 fully saturated rings. The molecule has 0 aliphatic carbocycles. The fraction of sp³-hybridized carbons (Fsp3) is 0.533. The lowest BCUT2D eigenvalue weighted by Crippen LogP contribution is -2.45. The van der Waals surface area contributed by atoms with E-state index in [9.17, 15) is 4.79 Å². The molecule has 1 atom stereocenters. The minimum Gasteiger partial charge on any atom is -0.378 e. The number of morpholine rings is 1. The van der Waals surface area contributed by atoms with Crippen molar-refractivity contribution in [2.75, 3.05) is 26.3 Å². The van der Waals surface area contributed by atoms with Gasteiger partial charge in [0.25, 0.3) is 0 Å². The van der Waals surface area contributed by atoms with Crippen LogP contribution < -0.4 is 0 Å². The molecule has 1 aromatic carbocycles. The first-order valence-corrected chi connectivity index (χ1v) is 6.71. The molecular weight excluding hydrogens is 226 g/mol. The summed E-state index contributed by atoms with van der Waals surface area (Å²) in [6.07, 6.45) is 1.68. The van der Waals surface area contributed by atoms with Crippen molar-refractivity contribution in [2.45, 2.75) is 25.8 Å². The maximum atomic E-state index is 12.0. The molecule has 2 rings (SSSR count). The van der Waals surface area contributed by atoms with Crippen molar-refractivity contribution in [2.24, 2.45) is 0 Å². The summed E-state index contributed by atoms with van der Waals surface area (Å²) in [5.41, 5.74) is 0.818. The van der Waals surface area contributed by atoms with Crippen molar-refractivity contribution in [1.29, 1.82) is 0 Å². The molecule has 98 valence electrons. The monoisotopic (exact) mass is 247 g/mol. The van der Waals surface area contributed by atoms with Crippen molar-refractivity contribution in [3.63, 3.8) is 0 Å². The Morgan fingerprint density at radius 1 is 1.39 bits per heavy atom. The van der Waals surface area contributed by atoms with Crippen LogP contribution in [0.15, 0.2) is 30.3 Å². The average Bonchev–Trinajstić information content (AvgIpc) is 2.46. The van der Waals surface area contributed by atoms with Crippen molar-refractivity contribution < 1.29 is 9.53 Å². The third-order valence-corrected chi connectivity index (χ3v) is 3.54. The van der Waals surface area contributed by atoms with Crippen LogP contribution >= 0.6 is 0 Å². The van der Waals surface area contributed by atoms with Gasteiger partial charge in [0.15, 0.2) is 5.78 Å². The van der Waals surface area contributed by atoms with E-state index in [1.165, 1.54) is 0 Å². The van der Waals surface area contributed by atoms with Gasteiger partial charge in [-0.2, -0.15) is 0 Å². The number of carbonyl (C=O) groups excluding carboxylic acids is 1. The fourth-order valence-corrected chi connectivity index (χ4v) is 2.37. The van der Waals surface area contributed by atoms with Gasteiger partial charge in [0.1, 0.15) is 0 Å². The molecule has 1 aliphatic heterocycles. The molecule has 1 aliphatic rings. The first-order valence-electron chi connectivity index (χ1n) is 6.71. The van der Waals surface area contributed by atoms with E-state index < -0.39 is 0 Å². The minimum absolute atomic E-state index is 0.233. The lowest BCUT2D eigenvalue weighted by molar-refractivity contribution is -0.00839. The summed E-state index contributed by atoms with van der Waals surface area (Å²) in [6.45, 7) is 5.55. The Morgan fingerprint density at radius 2 is 2.17 bits per heavy atom. The largest absolute Gasteiger partial charge is 0.378 e. The Kier molecular flexibility index (Phi) is 4.90. The van der Waals surface area contributed by atoms with E-state index in [0.717, 1.165) is 38.3 Å².